The van der Waals surface area contributed by atoms with Gasteiger partial charge in [0.05, 0.1) is 7.11 Å². The van der Waals surface area contributed by atoms with Gasteiger partial charge in [0.2, 0.25) is 0 Å². The van der Waals surface area contributed by atoms with Crippen molar-refractivity contribution in [3.8, 4) is 5.75 Å². The molecule has 2 rings (SSSR count). The van der Waals surface area contributed by atoms with Crippen LogP contribution in [0.1, 0.15) is 5.56 Å². The maximum absolute atomic E-state index is 11.9. The van der Waals surface area contributed by atoms with Crippen LogP contribution in [0.4, 0.5) is 4.79 Å². The largest absolute Gasteiger partial charge is 0.496 e. The minimum Gasteiger partial charge on any atom is -0.496 e. The van der Waals surface area contributed by atoms with E-state index in [4.69, 9.17) is 9.84 Å². The van der Waals surface area contributed by atoms with Crippen molar-refractivity contribution in [2.45, 2.75) is 0 Å². The number of aliphatic carboxylic acids is 1. The monoisotopic (exact) mass is 276 g/mol. The summed E-state index contributed by atoms with van der Waals surface area (Å²) in [7, 11) is 1.49. The predicted molar refractivity (Wildman–Crippen MR) is 68.9 cm³/mol. The number of urea groups is 1. The fourth-order valence-electron chi connectivity index (χ4n) is 1.79. The summed E-state index contributed by atoms with van der Waals surface area (Å²) in [5.74, 6) is -1.39. The van der Waals surface area contributed by atoms with E-state index in [1.807, 2.05) is 0 Å². The van der Waals surface area contributed by atoms with Crippen LogP contribution in [0.3, 0.4) is 0 Å². The number of ether oxygens (including phenoxy) is 1. The minimum atomic E-state index is -1.26. The van der Waals surface area contributed by atoms with Crippen LogP contribution in [0.25, 0.3) is 6.08 Å². The highest BCUT2D eigenvalue weighted by atomic mass is 16.5. The molecular weight excluding hydrogens is 264 g/mol. The average molecular weight is 276 g/mol. The van der Waals surface area contributed by atoms with Gasteiger partial charge in [0.1, 0.15) is 18.0 Å². The van der Waals surface area contributed by atoms with Gasteiger partial charge in [-0.3, -0.25) is 9.59 Å². The Kier molecular flexibility index (Phi) is 3.69. The van der Waals surface area contributed by atoms with E-state index in [9.17, 15) is 14.4 Å². The number of para-hydroxylation sites is 1. The van der Waals surface area contributed by atoms with Crippen molar-refractivity contribution in [3.05, 3.63) is 35.5 Å². The third-order valence-corrected chi connectivity index (χ3v) is 2.69. The van der Waals surface area contributed by atoms with Gasteiger partial charge in [-0.2, -0.15) is 0 Å². The first kappa shape index (κ1) is 13.6. The highest BCUT2D eigenvalue weighted by Gasteiger charge is 2.34. The fraction of sp³-hybridized carbons (Fsp3) is 0.154. The first-order valence-electron chi connectivity index (χ1n) is 5.72. The Morgan fingerprint density at radius 1 is 1.40 bits per heavy atom. The number of nitrogens with one attached hydrogen (secondary N) is 1. The quantitative estimate of drug-likeness (QED) is 0.622. The number of hydrogen-bond acceptors (Lipinski definition) is 4. The summed E-state index contributed by atoms with van der Waals surface area (Å²) in [5.41, 5.74) is 0.622. The average Bonchev–Trinajstić information content (AvgIpc) is 2.67. The van der Waals surface area contributed by atoms with E-state index in [0.29, 0.717) is 16.2 Å². The summed E-state index contributed by atoms with van der Waals surface area (Å²) in [6, 6.07) is 6.20. The minimum absolute atomic E-state index is 0.0146. The van der Waals surface area contributed by atoms with Gasteiger partial charge in [0, 0.05) is 5.56 Å². The van der Waals surface area contributed by atoms with Crippen LogP contribution in [0.2, 0.25) is 0 Å². The Morgan fingerprint density at radius 3 is 2.75 bits per heavy atom. The molecule has 1 aliphatic rings. The SMILES string of the molecule is COc1ccccc1/C=C1/NC(=O)N(CC(=O)O)C1=O. The lowest BCUT2D eigenvalue weighted by atomic mass is 10.1. The molecule has 1 saturated heterocycles. The van der Waals surface area contributed by atoms with Crippen LogP contribution in [0.5, 0.6) is 5.75 Å². The molecule has 0 aromatic heterocycles. The van der Waals surface area contributed by atoms with Crippen molar-refractivity contribution < 1.29 is 24.2 Å². The van der Waals surface area contributed by atoms with E-state index < -0.39 is 24.5 Å². The molecule has 0 atom stereocenters. The number of hydrogen-bond donors (Lipinski definition) is 2. The molecule has 0 saturated carbocycles. The highest BCUT2D eigenvalue weighted by molar-refractivity contribution is 6.15. The maximum Gasteiger partial charge on any atom is 0.329 e. The standard InChI is InChI=1S/C13H12N2O5/c1-20-10-5-3-2-4-8(10)6-9-12(18)15(7-11(16)17)13(19)14-9/h2-6H,7H2,1H3,(H,14,19)(H,16,17)/b9-6+. The highest BCUT2D eigenvalue weighted by Crippen LogP contribution is 2.21. The normalized spacial score (nSPS) is 16.4. The van der Waals surface area contributed by atoms with Crippen molar-refractivity contribution >= 4 is 24.0 Å². The van der Waals surface area contributed by atoms with Gasteiger partial charge in [0.15, 0.2) is 0 Å². The number of amides is 3. The summed E-state index contributed by atoms with van der Waals surface area (Å²) in [6.07, 6.45) is 1.45. The van der Waals surface area contributed by atoms with Gasteiger partial charge in [0.25, 0.3) is 5.91 Å². The molecular formula is C13H12N2O5. The van der Waals surface area contributed by atoms with Gasteiger partial charge in [-0.25, -0.2) is 9.69 Å². The molecule has 0 aliphatic carbocycles. The zero-order valence-electron chi connectivity index (χ0n) is 10.6. The molecule has 1 aromatic rings. The van der Waals surface area contributed by atoms with Gasteiger partial charge >= 0.3 is 12.0 Å². The number of rotatable bonds is 4. The predicted octanol–water partition coefficient (Wildman–Crippen LogP) is 0.672. The number of nitrogens with zero attached hydrogens (tertiary/aromatic N) is 1. The smallest absolute Gasteiger partial charge is 0.329 e. The number of carboxylic acids is 1. The summed E-state index contributed by atoms with van der Waals surface area (Å²) in [6.45, 7) is -0.673. The Bertz CT molecular complexity index is 609. The molecule has 2 N–H and O–H groups in total. The second-order valence-corrected chi connectivity index (χ2v) is 4.02. The summed E-state index contributed by atoms with van der Waals surface area (Å²) in [5, 5.41) is 11.0. The maximum atomic E-state index is 11.9. The lowest BCUT2D eigenvalue weighted by Crippen LogP contribution is -2.35. The molecule has 1 fully saturated rings. The van der Waals surface area contributed by atoms with Crippen LogP contribution in [0.15, 0.2) is 30.0 Å². The summed E-state index contributed by atoms with van der Waals surface area (Å²) in [4.78, 5) is 34.7. The topological polar surface area (TPSA) is 95.9 Å². The van der Waals surface area contributed by atoms with Crippen LogP contribution in [-0.2, 0) is 9.59 Å². The molecule has 0 spiro atoms. The second kappa shape index (κ2) is 5.43. The Morgan fingerprint density at radius 2 is 2.10 bits per heavy atom. The van der Waals surface area contributed by atoms with Gasteiger partial charge in [-0.15, -0.1) is 0 Å². The lowest BCUT2D eigenvalue weighted by molar-refractivity contribution is -0.140. The number of carbonyl (C=O) groups excluding carboxylic acids is 2. The molecule has 0 bridgehead atoms. The van der Waals surface area contributed by atoms with Crippen LogP contribution in [-0.4, -0.2) is 41.6 Å². The molecule has 0 radical (unpaired) electrons. The molecule has 0 unspecified atom stereocenters. The van der Waals surface area contributed by atoms with Crippen LogP contribution < -0.4 is 10.1 Å². The van der Waals surface area contributed by atoms with Crippen molar-refractivity contribution in [1.82, 2.24) is 10.2 Å². The van der Waals surface area contributed by atoms with Crippen molar-refractivity contribution in [1.29, 1.82) is 0 Å². The third kappa shape index (κ3) is 2.61. The summed E-state index contributed by atoms with van der Waals surface area (Å²) >= 11 is 0. The Balaban J connectivity index is 2.30. The molecule has 104 valence electrons. The second-order valence-electron chi connectivity index (χ2n) is 4.02. The Labute approximate surface area is 114 Å². The number of imide groups is 1. The Hall–Kier alpha value is -2.83. The number of carbonyl (C=O) groups is 3. The molecule has 7 nitrogen and oxygen atoms in total. The van der Waals surface area contributed by atoms with Gasteiger partial charge < -0.3 is 15.2 Å². The first-order valence-corrected chi connectivity index (χ1v) is 5.72. The van der Waals surface area contributed by atoms with Crippen LogP contribution >= 0.6 is 0 Å². The summed E-state index contributed by atoms with van der Waals surface area (Å²) < 4.78 is 5.13. The molecule has 3 amide bonds. The number of carboxylic acid groups (broad SMARTS) is 1. The van der Waals surface area contributed by atoms with Crippen LogP contribution in [0, 0.1) is 0 Å². The van der Waals surface area contributed by atoms with E-state index in [2.05, 4.69) is 5.32 Å². The fourth-order valence-corrected chi connectivity index (χ4v) is 1.79. The molecule has 1 aromatic carbocycles. The van der Waals surface area contributed by atoms with Crippen molar-refractivity contribution in [2.75, 3.05) is 13.7 Å². The zero-order valence-corrected chi connectivity index (χ0v) is 10.6. The van der Waals surface area contributed by atoms with Crippen molar-refractivity contribution in [2.24, 2.45) is 0 Å². The van der Waals surface area contributed by atoms with E-state index >= 15 is 0 Å². The first-order chi connectivity index (χ1) is 9.52. The van der Waals surface area contributed by atoms with Gasteiger partial charge in [-0.05, 0) is 12.1 Å². The molecule has 20 heavy (non-hydrogen) atoms. The van der Waals surface area contributed by atoms with E-state index in [0.717, 1.165) is 0 Å². The molecule has 1 heterocycles. The van der Waals surface area contributed by atoms with Gasteiger partial charge in [-0.1, -0.05) is 18.2 Å². The van der Waals surface area contributed by atoms with E-state index in [1.54, 1.807) is 24.3 Å². The third-order valence-electron chi connectivity index (χ3n) is 2.69. The van der Waals surface area contributed by atoms with E-state index in [1.165, 1.54) is 13.2 Å². The molecule has 7 heteroatoms. The number of methoxy groups -OCH3 is 1. The van der Waals surface area contributed by atoms with Crippen molar-refractivity contribution in [3.63, 3.8) is 0 Å². The van der Waals surface area contributed by atoms with E-state index in [-0.39, 0.29) is 5.70 Å². The number of benzene rings is 1. The lowest BCUT2D eigenvalue weighted by Gasteiger charge is -2.07. The zero-order chi connectivity index (χ0) is 14.7. The molecule has 1 aliphatic heterocycles.